The van der Waals surface area contributed by atoms with E-state index in [4.69, 9.17) is 10.2 Å². The molecule has 0 saturated carbocycles. The highest BCUT2D eigenvalue weighted by molar-refractivity contribution is 7.61. The molecule has 0 atom stereocenters. The Hall–Kier alpha value is -1.86. The quantitative estimate of drug-likeness (QED) is 0.778. The van der Waals surface area contributed by atoms with E-state index in [-0.39, 0.29) is 11.5 Å². The largest absolute Gasteiger partial charge is 0.508 e. The standard InChI is InChI=1S/C12H9O3P/c13-9-1-5-11(6-2-9)16(15)12-7-3-10(14)4-8-12/h1-8H,(H-,13,14,15)/p+1. The minimum absolute atomic E-state index is 0.151. The van der Waals surface area contributed by atoms with Crippen LogP contribution in [0.25, 0.3) is 0 Å². The third-order valence-corrected chi connectivity index (χ3v) is 3.70. The second-order valence-electron chi connectivity index (χ2n) is 3.33. The van der Waals surface area contributed by atoms with Crippen LogP contribution in [0.5, 0.6) is 11.5 Å². The summed E-state index contributed by atoms with van der Waals surface area (Å²) in [5.41, 5.74) is 0. The molecule has 0 aliphatic heterocycles. The van der Waals surface area contributed by atoms with Gasteiger partial charge < -0.3 is 10.2 Å². The van der Waals surface area contributed by atoms with Crippen LogP contribution in [-0.2, 0) is 4.57 Å². The maximum atomic E-state index is 12.1. The molecule has 80 valence electrons. The first kappa shape index (κ1) is 10.7. The number of rotatable bonds is 2. The maximum Gasteiger partial charge on any atom is 0.415 e. The van der Waals surface area contributed by atoms with Crippen LogP contribution < -0.4 is 10.6 Å². The molecule has 2 aromatic carbocycles. The van der Waals surface area contributed by atoms with Gasteiger partial charge in [0.05, 0.1) is 0 Å². The first-order valence-corrected chi connectivity index (χ1v) is 5.98. The van der Waals surface area contributed by atoms with Gasteiger partial charge in [0.1, 0.15) is 11.5 Å². The fourth-order valence-corrected chi connectivity index (χ4v) is 2.46. The molecule has 0 radical (unpaired) electrons. The van der Waals surface area contributed by atoms with Gasteiger partial charge in [0.25, 0.3) is 0 Å². The van der Waals surface area contributed by atoms with Gasteiger partial charge in [0.2, 0.25) is 0 Å². The average molecular weight is 233 g/mol. The maximum absolute atomic E-state index is 12.1. The molecule has 0 amide bonds. The normalized spacial score (nSPS) is 10.0. The lowest BCUT2D eigenvalue weighted by Gasteiger charge is -1.92. The summed E-state index contributed by atoms with van der Waals surface area (Å²) in [6.45, 7) is 0. The molecule has 2 N–H and O–H groups in total. The summed E-state index contributed by atoms with van der Waals surface area (Å²) in [7, 11) is -1.67. The molecule has 2 aromatic rings. The lowest BCUT2D eigenvalue weighted by Crippen LogP contribution is -2.05. The summed E-state index contributed by atoms with van der Waals surface area (Å²) < 4.78 is 12.1. The molecule has 0 aliphatic carbocycles. The van der Waals surface area contributed by atoms with Crippen LogP contribution >= 0.6 is 7.80 Å². The highest BCUT2D eigenvalue weighted by Gasteiger charge is 2.22. The first-order valence-electron chi connectivity index (χ1n) is 4.72. The van der Waals surface area contributed by atoms with E-state index in [1.54, 1.807) is 24.3 Å². The van der Waals surface area contributed by atoms with E-state index in [0.29, 0.717) is 10.6 Å². The topological polar surface area (TPSA) is 57.5 Å². The van der Waals surface area contributed by atoms with Gasteiger partial charge in [-0.3, -0.25) is 0 Å². The first-order chi connectivity index (χ1) is 7.66. The van der Waals surface area contributed by atoms with Crippen LogP contribution in [0.15, 0.2) is 48.5 Å². The van der Waals surface area contributed by atoms with E-state index in [9.17, 15) is 4.57 Å². The third kappa shape index (κ3) is 2.20. The van der Waals surface area contributed by atoms with E-state index in [1.807, 2.05) is 0 Å². The molecule has 16 heavy (non-hydrogen) atoms. The lowest BCUT2D eigenvalue weighted by molar-refractivity contribution is 0.475. The fourth-order valence-electron chi connectivity index (χ4n) is 1.33. The number of benzene rings is 2. The summed E-state index contributed by atoms with van der Waals surface area (Å²) >= 11 is 0. The fraction of sp³-hybridized carbons (Fsp3) is 0. The molecular weight excluding hydrogens is 223 g/mol. The second kappa shape index (κ2) is 4.33. The van der Waals surface area contributed by atoms with Gasteiger partial charge in [-0.2, -0.15) is 0 Å². The molecule has 0 saturated heterocycles. The van der Waals surface area contributed by atoms with Crippen molar-refractivity contribution < 1.29 is 14.8 Å². The Morgan fingerprint density at radius 3 is 1.31 bits per heavy atom. The third-order valence-electron chi connectivity index (χ3n) is 2.17. The minimum Gasteiger partial charge on any atom is -0.508 e. The van der Waals surface area contributed by atoms with Gasteiger partial charge >= 0.3 is 7.80 Å². The molecule has 0 aliphatic rings. The Balaban J connectivity index is 2.32. The van der Waals surface area contributed by atoms with Crippen molar-refractivity contribution in [1.29, 1.82) is 0 Å². The molecule has 0 aromatic heterocycles. The number of phenols is 2. The molecule has 3 nitrogen and oxygen atoms in total. The monoisotopic (exact) mass is 233 g/mol. The smallest absolute Gasteiger partial charge is 0.415 e. The van der Waals surface area contributed by atoms with E-state index in [2.05, 4.69) is 0 Å². The van der Waals surface area contributed by atoms with Crippen molar-refractivity contribution in [2.45, 2.75) is 0 Å². The Morgan fingerprint density at radius 1 is 0.688 bits per heavy atom. The van der Waals surface area contributed by atoms with Gasteiger partial charge in [0, 0.05) is 0 Å². The van der Waals surface area contributed by atoms with E-state index >= 15 is 0 Å². The van der Waals surface area contributed by atoms with Gasteiger partial charge in [-0.05, 0) is 48.5 Å². The van der Waals surface area contributed by atoms with E-state index < -0.39 is 7.80 Å². The van der Waals surface area contributed by atoms with E-state index in [1.165, 1.54) is 24.3 Å². The highest BCUT2D eigenvalue weighted by Crippen LogP contribution is 2.21. The lowest BCUT2D eigenvalue weighted by atomic mass is 10.3. The van der Waals surface area contributed by atoms with Crippen molar-refractivity contribution >= 4 is 18.4 Å². The summed E-state index contributed by atoms with van der Waals surface area (Å²) in [4.78, 5) is 0. The molecular formula is C12H10O3P+. The van der Waals surface area contributed by atoms with Crippen molar-refractivity contribution in [3.8, 4) is 11.5 Å². The van der Waals surface area contributed by atoms with Crippen molar-refractivity contribution in [3.63, 3.8) is 0 Å². The molecule has 2 rings (SSSR count). The van der Waals surface area contributed by atoms with Crippen molar-refractivity contribution in [2.75, 3.05) is 0 Å². The van der Waals surface area contributed by atoms with Crippen LogP contribution in [0.2, 0.25) is 0 Å². The zero-order valence-electron chi connectivity index (χ0n) is 8.37. The molecule has 0 unspecified atom stereocenters. The summed E-state index contributed by atoms with van der Waals surface area (Å²) in [5, 5.41) is 19.5. The summed E-state index contributed by atoms with van der Waals surface area (Å²) in [6, 6.07) is 12.5. The van der Waals surface area contributed by atoms with Crippen LogP contribution in [0.1, 0.15) is 0 Å². The second-order valence-corrected chi connectivity index (χ2v) is 4.95. The zero-order chi connectivity index (χ0) is 11.5. The summed E-state index contributed by atoms with van der Waals surface area (Å²) in [6.07, 6.45) is 0. The van der Waals surface area contributed by atoms with Crippen molar-refractivity contribution in [3.05, 3.63) is 48.5 Å². The van der Waals surface area contributed by atoms with Crippen molar-refractivity contribution in [1.82, 2.24) is 0 Å². The van der Waals surface area contributed by atoms with E-state index in [0.717, 1.165) is 0 Å². The zero-order valence-corrected chi connectivity index (χ0v) is 9.26. The number of hydrogen-bond acceptors (Lipinski definition) is 3. The van der Waals surface area contributed by atoms with Crippen LogP contribution in [0.4, 0.5) is 0 Å². The van der Waals surface area contributed by atoms with Crippen LogP contribution in [0.3, 0.4) is 0 Å². The number of hydrogen-bond donors (Lipinski definition) is 2. The number of phenolic OH excluding ortho intramolecular Hbond substituents is 2. The minimum atomic E-state index is -1.67. The van der Waals surface area contributed by atoms with Crippen LogP contribution in [-0.4, -0.2) is 10.2 Å². The van der Waals surface area contributed by atoms with Gasteiger partial charge in [-0.25, -0.2) is 0 Å². The molecule has 0 bridgehead atoms. The predicted molar refractivity (Wildman–Crippen MR) is 63.1 cm³/mol. The molecule has 0 spiro atoms. The number of aromatic hydroxyl groups is 2. The average Bonchev–Trinajstić information content (AvgIpc) is 2.30. The molecule has 0 heterocycles. The Morgan fingerprint density at radius 2 is 1.00 bits per heavy atom. The van der Waals surface area contributed by atoms with Gasteiger partial charge in [0.15, 0.2) is 10.6 Å². The Kier molecular flexibility index (Phi) is 2.88. The Bertz CT molecular complexity index is 455. The predicted octanol–water partition coefficient (Wildman–Crippen LogP) is 1.88. The molecule has 4 heteroatoms. The van der Waals surface area contributed by atoms with Gasteiger partial charge in [-0.1, -0.05) is 4.57 Å². The van der Waals surface area contributed by atoms with Crippen LogP contribution in [0, 0.1) is 0 Å². The van der Waals surface area contributed by atoms with Crippen molar-refractivity contribution in [2.24, 2.45) is 0 Å². The Labute approximate surface area is 93.8 Å². The summed E-state index contributed by atoms with van der Waals surface area (Å²) in [5.74, 6) is 0.302. The SMILES string of the molecule is O=[P+](c1ccc(O)cc1)c1ccc(O)cc1. The highest BCUT2D eigenvalue weighted by atomic mass is 31.1. The molecule has 0 fully saturated rings. The van der Waals surface area contributed by atoms with Gasteiger partial charge in [-0.15, -0.1) is 0 Å².